The summed E-state index contributed by atoms with van der Waals surface area (Å²) in [7, 11) is 0. The second-order valence-electron chi connectivity index (χ2n) is 5.53. The van der Waals surface area contributed by atoms with E-state index in [0.717, 1.165) is 26.2 Å². The molecule has 1 aromatic heterocycles. The van der Waals surface area contributed by atoms with Crippen LogP contribution >= 0.6 is 12.4 Å². The molecular formula is C17H22ClN3. The molecule has 0 saturated carbocycles. The maximum Gasteiger partial charge on any atom is 0.0273 e. The van der Waals surface area contributed by atoms with Crippen molar-refractivity contribution in [3.05, 3.63) is 54.4 Å². The van der Waals surface area contributed by atoms with Crippen LogP contribution in [0.5, 0.6) is 0 Å². The van der Waals surface area contributed by atoms with Crippen molar-refractivity contribution in [2.24, 2.45) is 0 Å². The second-order valence-corrected chi connectivity index (χ2v) is 5.53. The topological polar surface area (TPSA) is 28.2 Å². The van der Waals surface area contributed by atoms with Crippen molar-refractivity contribution in [3.8, 4) is 11.1 Å². The molecule has 1 aliphatic heterocycles. The molecule has 0 bridgehead atoms. The van der Waals surface area contributed by atoms with Gasteiger partial charge in [-0.3, -0.25) is 9.88 Å². The van der Waals surface area contributed by atoms with Crippen LogP contribution in [-0.2, 0) is 6.54 Å². The fraction of sp³-hybridized carbons (Fsp3) is 0.353. The molecule has 3 rings (SSSR count). The fourth-order valence-corrected chi connectivity index (χ4v) is 2.81. The third kappa shape index (κ3) is 4.27. The van der Waals surface area contributed by atoms with Crippen LogP contribution in [0, 0.1) is 0 Å². The summed E-state index contributed by atoms with van der Waals surface area (Å²) in [5.74, 6) is 0. The Bertz CT molecular complexity index is 559. The van der Waals surface area contributed by atoms with E-state index in [4.69, 9.17) is 0 Å². The summed E-state index contributed by atoms with van der Waals surface area (Å²) >= 11 is 0. The van der Waals surface area contributed by atoms with Crippen LogP contribution in [0.15, 0.2) is 48.8 Å². The number of benzene rings is 1. The number of rotatable bonds is 3. The lowest BCUT2D eigenvalue weighted by molar-refractivity contribution is 0.199. The highest BCUT2D eigenvalue weighted by Crippen LogP contribution is 2.20. The number of nitrogens with one attached hydrogen (secondary N) is 1. The van der Waals surface area contributed by atoms with Gasteiger partial charge in [0.15, 0.2) is 0 Å². The highest BCUT2D eigenvalue weighted by atomic mass is 35.5. The lowest BCUT2D eigenvalue weighted by Crippen LogP contribution is -2.48. The summed E-state index contributed by atoms with van der Waals surface area (Å²) in [5.41, 5.74) is 3.89. The van der Waals surface area contributed by atoms with Gasteiger partial charge in [0.1, 0.15) is 0 Å². The summed E-state index contributed by atoms with van der Waals surface area (Å²) < 4.78 is 0. The zero-order valence-electron chi connectivity index (χ0n) is 12.3. The normalized spacial score (nSPS) is 19.0. The molecule has 1 N–H and O–H groups in total. The molecule has 112 valence electrons. The van der Waals surface area contributed by atoms with Gasteiger partial charge in [-0.05, 0) is 41.8 Å². The van der Waals surface area contributed by atoms with Crippen molar-refractivity contribution in [2.75, 3.05) is 19.6 Å². The van der Waals surface area contributed by atoms with E-state index in [2.05, 4.69) is 58.5 Å². The quantitative estimate of drug-likeness (QED) is 0.945. The molecule has 0 spiro atoms. The first kappa shape index (κ1) is 16.0. The van der Waals surface area contributed by atoms with Crippen molar-refractivity contribution in [3.63, 3.8) is 0 Å². The molecular weight excluding hydrogens is 282 g/mol. The predicted molar refractivity (Wildman–Crippen MR) is 89.7 cm³/mol. The molecule has 3 nitrogen and oxygen atoms in total. The molecule has 1 atom stereocenters. The molecule has 2 heterocycles. The number of halogens is 1. The Kier molecular flexibility index (Phi) is 5.74. The highest BCUT2D eigenvalue weighted by Gasteiger charge is 2.15. The summed E-state index contributed by atoms with van der Waals surface area (Å²) in [5, 5.41) is 3.49. The van der Waals surface area contributed by atoms with Gasteiger partial charge < -0.3 is 5.32 Å². The van der Waals surface area contributed by atoms with Crippen molar-refractivity contribution >= 4 is 12.4 Å². The number of hydrogen-bond acceptors (Lipinski definition) is 3. The van der Waals surface area contributed by atoms with Crippen LogP contribution in [-0.4, -0.2) is 35.6 Å². The summed E-state index contributed by atoms with van der Waals surface area (Å²) in [4.78, 5) is 6.60. The van der Waals surface area contributed by atoms with Gasteiger partial charge in [-0.1, -0.05) is 18.2 Å². The zero-order valence-corrected chi connectivity index (χ0v) is 13.1. The van der Waals surface area contributed by atoms with Gasteiger partial charge in [0.2, 0.25) is 0 Å². The monoisotopic (exact) mass is 303 g/mol. The Morgan fingerprint density at radius 1 is 1.19 bits per heavy atom. The van der Waals surface area contributed by atoms with Crippen LogP contribution in [0.1, 0.15) is 12.5 Å². The number of pyridine rings is 1. The Labute approximate surface area is 132 Å². The SMILES string of the molecule is C[C@H]1CN(Cc2cccc(-c3ccncc3)c2)CCN1.Cl. The number of hydrogen-bond donors (Lipinski definition) is 1. The zero-order chi connectivity index (χ0) is 13.8. The number of nitrogens with zero attached hydrogens (tertiary/aromatic N) is 2. The molecule has 1 fully saturated rings. The van der Waals surface area contributed by atoms with Gasteiger partial charge in [-0.2, -0.15) is 0 Å². The molecule has 0 unspecified atom stereocenters. The lowest BCUT2D eigenvalue weighted by Gasteiger charge is -2.31. The third-order valence-corrected chi connectivity index (χ3v) is 3.80. The first-order valence-corrected chi connectivity index (χ1v) is 7.26. The number of piperazine rings is 1. The molecule has 2 aromatic rings. The molecule has 21 heavy (non-hydrogen) atoms. The van der Waals surface area contributed by atoms with Crippen molar-refractivity contribution in [2.45, 2.75) is 19.5 Å². The van der Waals surface area contributed by atoms with E-state index < -0.39 is 0 Å². The largest absolute Gasteiger partial charge is 0.312 e. The van der Waals surface area contributed by atoms with E-state index in [1.165, 1.54) is 16.7 Å². The summed E-state index contributed by atoms with van der Waals surface area (Å²) in [6.45, 7) is 6.62. The molecule has 1 aliphatic rings. The first-order chi connectivity index (χ1) is 9.81. The minimum absolute atomic E-state index is 0. The van der Waals surface area contributed by atoms with Gasteiger partial charge in [0.25, 0.3) is 0 Å². The summed E-state index contributed by atoms with van der Waals surface area (Å²) in [6, 6.07) is 13.5. The van der Waals surface area contributed by atoms with Gasteiger partial charge in [-0.15, -0.1) is 12.4 Å². The van der Waals surface area contributed by atoms with E-state index in [1.54, 1.807) is 0 Å². The number of aromatic nitrogens is 1. The van der Waals surface area contributed by atoms with Gasteiger partial charge in [0.05, 0.1) is 0 Å². The fourth-order valence-electron chi connectivity index (χ4n) is 2.81. The van der Waals surface area contributed by atoms with E-state index in [1.807, 2.05) is 12.4 Å². The van der Waals surface area contributed by atoms with Crippen LogP contribution in [0.4, 0.5) is 0 Å². The minimum Gasteiger partial charge on any atom is -0.312 e. The van der Waals surface area contributed by atoms with Gasteiger partial charge in [0, 0.05) is 44.6 Å². The average Bonchev–Trinajstić information content (AvgIpc) is 2.48. The van der Waals surface area contributed by atoms with E-state index >= 15 is 0 Å². The van der Waals surface area contributed by atoms with Crippen LogP contribution in [0.3, 0.4) is 0 Å². The van der Waals surface area contributed by atoms with Crippen molar-refractivity contribution in [1.29, 1.82) is 0 Å². The molecule has 1 aromatic carbocycles. The summed E-state index contributed by atoms with van der Waals surface area (Å²) in [6.07, 6.45) is 3.69. The molecule has 1 saturated heterocycles. The lowest BCUT2D eigenvalue weighted by atomic mass is 10.0. The van der Waals surface area contributed by atoms with Gasteiger partial charge >= 0.3 is 0 Å². The Morgan fingerprint density at radius 2 is 2.00 bits per heavy atom. The first-order valence-electron chi connectivity index (χ1n) is 7.26. The molecule has 0 radical (unpaired) electrons. The maximum absolute atomic E-state index is 4.08. The average molecular weight is 304 g/mol. The molecule has 4 heteroatoms. The van der Waals surface area contributed by atoms with E-state index in [0.29, 0.717) is 6.04 Å². The Morgan fingerprint density at radius 3 is 2.76 bits per heavy atom. The second kappa shape index (κ2) is 7.55. The van der Waals surface area contributed by atoms with E-state index in [9.17, 15) is 0 Å². The van der Waals surface area contributed by atoms with E-state index in [-0.39, 0.29) is 12.4 Å². The van der Waals surface area contributed by atoms with Crippen LogP contribution in [0.25, 0.3) is 11.1 Å². The third-order valence-electron chi connectivity index (χ3n) is 3.80. The van der Waals surface area contributed by atoms with Crippen molar-refractivity contribution < 1.29 is 0 Å². The van der Waals surface area contributed by atoms with Gasteiger partial charge in [-0.25, -0.2) is 0 Å². The van der Waals surface area contributed by atoms with Crippen LogP contribution < -0.4 is 5.32 Å². The van der Waals surface area contributed by atoms with Crippen LogP contribution in [0.2, 0.25) is 0 Å². The standard InChI is InChI=1S/C17H21N3.ClH/c1-14-12-20(10-9-19-14)13-15-3-2-4-17(11-15)16-5-7-18-8-6-16;/h2-8,11,14,19H,9-10,12-13H2,1H3;1H/t14-;/m0./s1. The smallest absolute Gasteiger partial charge is 0.0273 e. The minimum atomic E-state index is 0. The maximum atomic E-state index is 4.08. The predicted octanol–water partition coefficient (Wildman–Crippen LogP) is 2.96. The van der Waals surface area contributed by atoms with Crippen molar-refractivity contribution in [1.82, 2.24) is 15.2 Å². The highest BCUT2D eigenvalue weighted by molar-refractivity contribution is 5.85. The molecule has 0 amide bonds. The Hall–Kier alpha value is -1.42. The molecule has 0 aliphatic carbocycles. The Balaban J connectivity index is 0.00000161.